The number of halogens is 1. The number of carbonyl (C=O) groups is 2. The van der Waals surface area contributed by atoms with Gasteiger partial charge in [-0.15, -0.1) is 0 Å². The number of hydrogen-bond acceptors (Lipinski definition) is 3. The average Bonchev–Trinajstić information content (AvgIpc) is 2.73. The molecule has 0 bridgehead atoms. The molecule has 0 aliphatic carbocycles. The summed E-state index contributed by atoms with van der Waals surface area (Å²) in [7, 11) is 0. The first-order valence-electron chi connectivity index (χ1n) is 7.47. The minimum atomic E-state index is -0.736. The highest BCUT2D eigenvalue weighted by Crippen LogP contribution is 2.35. The van der Waals surface area contributed by atoms with Crippen molar-refractivity contribution >= 4 is 34.7 Å². The van der Waals surface area contributed by atoms with E-state index in [9.17, 15) is 14.7 Å². The summed E-state index contributed by atoms with van der Waals surface area (Å²) in [6.07, 6.45) is 0. The van der Waals surface area contributed by atoms with Crippen molar-refractivity contribution in [1.29, 1.82) is 0 Å². The number of imide groups is 1. The zero-order valence-electron chi connectivity index (χ0n) is 13.6. The van der Waals surface area contributed by atoms with E-state index in [2.05, 4.69) is 0 Å². The molecule has 0 aromatic heterocycles. The van der Waals surface area contributed by atoms with Gasteiger partial charge in [0.2, 0.25) is 0 Å². The van der Waals surface area contributed by atoms with Gasteiger partial charge in [0.1, 0.15) is 0 Å². The molecule has 4 nitrogen and oxygen atoms in total. The summed E-state index contributed by atoms with van der Waals surface area (Å²) in [6.45, 7) is 5.56. The van der Waals surface area contributed by atoms with Crippen molar-refractivity contribution in [2.75, 3.05) is 4.90 Å². The lowest BCUT2D eigenvalue weighted by molar-refractivity contribution is -0.121. The second kappa shape index (κ2) is 5.80. The van der Waals surface area contributed by atoms with Gasteiger partial charge in [0.25, 0.3) is 5.91 Å². The van der Waals surface area contributed by atoms with Crippen LogP contribution in [0.3, 0.4) is 0 Å². The minimum Gasteiger partial charge on any atom is -0.502 e. The molecule has 0 saturated heterocycles. The van der Waals surface area contributed by atoms with Crippen molar-refractivity contribution < 1.29 is 14.7 Å². The Hall–Kier alpha value is -2.59. The van der Waals surface area contributed by atoms with Crippen molar-refractivity contribution in [3.63, 3.8) is 0 Å². The van der Waals surface area contributed by atoms with Gasteiger partial charge < -0.3 is 5.11 Å². The van der Waals surface area contributed by atoms with Crippen LogP contribution in [0.1, 0.15) is 22.3 Å². The summed E-state index contributed by atoms with van der Waals surface area (Å²) in [5, 5.41) is 10.7. The second-order valence-corrected chi connectivity index (χ2v) is 6.35. The van der Waals surface area contributed by atoms with Gasteiger partial charge in [0.05, 0.1) is 11.3 Å². The molecule has 0 fully saturated rings. The zero-order valence-corrected chi connectivity index (χ0v) is 14.3. The van der Waals surface area contributed by atoms with E-state index in [-0.39, 0.29) is 5.57 Å². The van der Waals surface area contributed by atoms with E-state index in [1.807, 2.05) is 26.0 Å². The fourth-order valence-corrected chi connectivity index (χ4v) is 3.06. The van der Waals surface area contributed by atoms with Crippen LogP contribution in [0.2, 0.25) is 5.02 Å². The van der Waals surface area contributed by atoms with E-state index >= 15 is 0 Å². The Kier molecular flexibility index (Phi) is 3.93. The smallest absolute Gasteiger partial charge is 0.301 e. The van der Waals surface area contributed by atoms with Crippen LogP contribution in [0.4, 0.5) is 5.69 Å². The molecule has 0 saturated carbocycles. The maximum Gasteiger partial charge on any atom is 0.301 e. The fourth-order valence-electron chi connectivity index (χ4n) is 2.90. The third kappa shape index (κ3) is 2.49. The van der Waals surface area contributed by atoms with Crippen molar-refractivity contribution in [3.8, 4) is 0 Å². The lowest BCUT2D eigenvalue weighted by Gasteiger charge is -2.17. The third-order valence-corrected chi connectivity index (χ3v) is 4.36. The number of carbonyl (C=O) groups excluding carboxylic acids is 2. The number of rotatable bonds is 2. The van der Waals surface area contributed by atoms with Crippen LogP contribution in [-0.2, 0) is 9.59 Å². The van der Waals surface area contributed by atoms with Crippen LogP contribution >= 0.6 is 11.6 Å². The summed E-state index contributed by atoms with van der Waals surface area (Å²) >= 11 is 6.00. The first-order chi connectivity index (χ1) is 11.3. The molecule has 24 heavy (non-hydrogen) atoms. The number of aliphatic hydroxyl groups is 1. The minimum absolute atomic E-state index is 0.0249. The van der Waals surface area contributed by atoms with E-state index in [0.29, 0.717) is 16.3 Å². The van der Waals surface area contributed by atoms with Gasteiger partial charge >= 0.3 is 5.91 Å². The lowest BCUT2D eigenvalue weighted by Crippen LogP contribution is -2.32. The number of nitrogens with zero attached hydrogens (tertiary/aromatic N) is 1. The Labute approximate surface area is 145 Å². The number of hydrogen-bond donors (Lipinski definition) is 1. The topological polar surface area (TPSA) is 57.6 Å². The Balaban J connectivity index is 2.13. The molecule has 2 amide bonds. The normalized spacial score (nSPS) is 14.8. The van der Waals surface area contributed by atoms with E-state index in [1.54, 1.807) is 31.2 Å². The van der Waals surface area contributed by atoms with Crippen LogP contribution in [0, 0.1) is 20.8 Å². The molecule has 122 valence electrons. The Morgan fingerprint density at radius 1 is 0.917 bits per heavy atom. The molecule has 2 aromatic carbocycles. The predicted molar refractivity (Wildman–Crippen MR) is 94.1 cm³/mol. The first-order valence-corrected chi connectivity index (χ1v) is 7.85. The van der Waals surface area contributed by atoms with E-state index in [1.165, 1.54) is 0 Å². The lowest BCUT2D eigenvalue weighted by atomic mass is 9.98. The highest BCUT2D eigenvalue weighted by molar-refractivity contribution is 6.45. The standard InChI is InChI=1S/C19H16ClNO3/c1-10-4-7-14(12(3)8-10)16-17(22)19(24)21(18(16)23)15-9-13(20)6-5-11(15)2/h4-9,22H,1-3H3. The van der Waals surface area contributed by atoms with Gasteiger partial charge in [-0.25, -0.2) is 4.90 Å². The molecule has 1 aliphatic heterocycles. The molecular formula is C19H16ClNO3. The third-order valence-electron chi connectivity index (χ3n) is 4.12. The summed E-state index contributed by atoms with van der Waals surface area (Å²) in [4.78, 5) is 26.3. The molecule has 0 radical (unpaired) electrons. The quantitative estimate of drug-likeness (QED) is 0.836. The molecule has 1 aliphatic rings. The van der Waals surface area contributed by atoms with Crippen LogP contribution in [-0.4, -0.2) is 16.9 Å². The van der Waals surface area contributed by atoms with Crippen LogP contribution in [0.15, 0.2) is 42.2 Å². The Bertz CT molecular complexity index is 915. The molecule has 2 aromatic rings. The number of benzene rings is 2. The summed E-state index contributed by atoms with van der Waals surface area (Å²) in [6, 6.07) is 10.4. The van der Waals surface area contributed by atoms with E-state index in [0.717, 1.165) is 21.6 Å². The zero-order chi connectivity index (χ0) is 17.6. The molecule has 0 atom stereocenters. The number of aryl methyl sites for hydroxylation is 3. The fraction of sp³-hybridized carbons (Fsp3) is 0.158. The monoisotopic (exact) mass is 341 g/mol. The first kappa shape index (κ1) is 16.3. The number of amides is 2. The largest absolute Gasteiger partial charge is 0.502 e. The molecule has 1 heterocycles. The maximum atomic E-state index is 12.9. The Morgan fingerprint density at radius 2 is 1.62 bits per heavy atom. The molecule has 0 spiro atoms. The van der Waals surface area contributed by atoms with Gasteiger partial charge in [-0.05, 0) is 49.6 Å². The summed E-state index contributed by atoms with van der Waals surface area (Å²) < 4.78 is 0. The van der Waals surface area contributed by atoms with Crippen LogP contribution in [0.5, 0.6) is 0 Å². The van der Waals surface area contributed by atoms with Gasteiger partial charge in [-0.2, -0.15) is 0 Å². The van der Waals surface area contributed by atoms with Crippen molar-refractivity contribution in [2.45, 2.75) is 20.8 Å². The van der Waals surface area contributed by atoms with Crippen molar-refractivity contribution in [1.82, 2.24) is 0 Å². The SMILES string of the molecule is Cc1ccc(C2=C(O)C(=O)N(c3cc(Cl)ccc3C)C2=O)c(C)c1. The molecule has 1 N–H and O–H groups in total. The van der Waals surface area contributed by atoms with Gasteiger partial charge in [-0.1, -0.05) is 41.4 Å². The van der Waals surface area contributed by atoms with E-state index in [4.69, 9.17) is 11.6 Å². The molecule has 0 unspecified atom stereocenters. The predicted octanol–water partition coefficient (Wildman–Crippen LogP) is 4.11. The van der Waals surface area contributed by atoms with Crippen LogP contribution < -0.4 is 4.90 Å². The van der Waals surface area contributed by atoms with Crippen molar-refractivity contribution in [2.24, 2.45) is 0 Å². The molecular weight excluding hydrogens is 326 g/mol. The highest BCUT2D eigenvalue weighted by atomic mass is 35.5. The highest BCUT2D eigenvalue weighted by Gasteiger charge is 2.41. The maximum absolute atomic E-state index is 12.9. The number of aliphatic hydroxyl groups excluding tert-OH is 1. The summed E-state index contributed by atoms with van der Waals surface area (Å²) in [5.74, 6) is -1.82. The van der Waals surface area contributed by atoms with Crippen molar-refractivity contribution in [3.05, 3.63) is 69.4 Å². The average molecular weight is 342 g/mol. The van der Waals surface area contributed by atoms with Gasteiger partial charge in [0, 0.05) is 5.02 Å². The van der Waals surface area contributed by atoms with Crippen LogP contribution in [0.25, 0.3) is 5.57 Å². The second-order valence-electron chi connectivity index (χ2n) is 5.92. The number of anilines is 1. The van der Waals surface area contributed by atoms with E-state index < -0.39 is 17.6 Å². The van der Waals surface area contributed by atoms with Gasteiger partial charge in [0.15, 0.2) is 5.76 Å². The molecule has 3 rings (SSSR count). The van der Waals surface area contributed by atoms with Gasteiger partial charge in [-0.3, -0.25) is 9.59 Å². The molecule has 5 heteroatoms. The summed E-state index contributed by atoms with van der Waals surface area (Å²) in [5.41, 5.74) is 3.54. The Morgan fingerprint density at radius 3 is 2.29 bits per heavy atom.